The SMILES string of the molecule is CN1C(=O)CN(c2cc(C(F)(F)F)cc(C(F)(F)F)c2O)C1=O. The molecule has 1 saturated heterocycles. The smallest absolute Gasteiger partial charge is 0.420 e. The summed E-state index contributed by atoms with van der Waals surface area (Å²) in [6, 6.07) is -1.21. The maximum absolute atomic E-state index is 12.8. The minimum absolute atomic E-state index is 0.189. The number of halogens is 6. The lowest BCUT2D eigenvalue weighted by molar-refractivity contribution is -0.143. The van der Waals surface area contributed by atoms with Crippen LogP contribution in [0.5, 0.6) is 5.75 Å². The molecule has 2 rings (SSSR count). The molecule has 0 bridgehead atoms. The highest BCUT2D eigenvalue weighted by molar-refractivity contribution is 6.12. The van der Waals surface area contributed by atoms with Gasteiger partial charge in [0.2, 0.25) is 5.91 Å². The minimum atomic E-state index is -5.28. The molecule has 1 fully saturated rings. The number of alkyl halides is 6. The number of nitrogens with zero attached hydrogens (tertiary/aromatic N) is 2. The van der Waals surface area contributed by atoms with Gasteiger partial charge in [-0.05, 0) is 12.1 Å². The van der Waals surface area contributed by atoms with Crippen LogP contribution in [-0.4, -0.2) is 35.5 Å². The average molecular weight is 342 g/mol. The lowest BCUT2D eigenvalue weighted by Gasteiger charge is -2.21. The van der Waals surface area contributed by atoms with E-state index in [-0.39, 0.29) is 12.1 Å². The highest BCUT2D eigenvalue weighted by Gasteiger charge is 2.43. The molecule has 1 heterocycles. The predicted octanol–water partition coefficient (Wildman–Crippen LogP) is 2.83. The Balaban J connectivity index is 2.68. The van der Waals surface area contributed by atoms with Gasteiger partial charge in [0.25, 0.3) is 0 Å². The van der Waals surface area contributed by atoms with Gasteiger partial charge in [0, 0.05) is 7.05 Å². The summed E-state index contributed by atoms with van der Waals surface area (Å²) in [6.45, 7) is -0.776. The van der Waals surface area contributed by atoms with Gasteiger partial charge in [0.05, 0.1) is 16.8 Å². The standard InChI is InChI=1S/C12H8F6N2O3/c1-19-8(21)4-20(10(19)23)7-3-5(11(13,14)15)2-6(9(7)22)12(16,17)18/h2-3,22H,4H2,1H3. The number of urea groups is 1. The van der Waals surface area contributed by atoms with Crippen molar-refractivity contribution in [3.63, 3.8) is 0 Å². The normalized spacial score (nSPS) is 16.5. The number of aromatic hydroxyl groups is 1. The van der Waals surface area contributed by atoms with Crippen LogP contribution in [0.25, 0.3) is 0 Å². The highest BCUT2D eigenvalue weighted by atomic mass is 19.4. The van der Waals surface area contributed by atoms with Crippen LogP contribution in [-0.2, 0) is 17.1 Å². The Morgan fingerprint density at radius 2 is 1.61 bits per heavy atom. The van der Waals surface area contributed by atoms with Gasteiger partial charge in [0.1, 0.15) is 6.54 Å². The van der Waals surface area contributed by atoms with Crippen LogP contribution in [0.2, 0.25) is 0 Å². The van der Waals surface area contributed by atoms with Gasteiger partial charge in [0.15, 0.2) is 5.75 Å². The number of likely N-dealkylation sites (N-methyl/N-ethyl adjacent to an activating group) is 1. The summed E-state index contributed by atoms with van der Waals surface area (Å²) in [6.07, 6.45) is -10.4. The number of amides is 3. The zero-order valence-electron chi connectivity index (χ0n) is 11.3. The molecule has 1 aliphatic rings. The molecule has 3 amide bonds. The van der Waals surface area contributed by atoms with Crippen molar-refractivity contribution in [3.8, 4) is 5.75 Å². The Hall–Kier alpha value is -2.46. The molecule has 0 aromatic heterocycles. The molecule has 0 aliphatic carbocycles. The number of imide groups is 1. The average Bonchev–Trinajstić information content (AvgIpc) is 2.64. The van der Waals surface area contributed by atoms with Gasteiger partial charge in [-0.3, -0.25) is 14.6 Å². The Bertz CT molecular complexity index is 683. The zero-order chi connectivity index (χ0) is 17.7. The van der Waals surface area contributed by atoms with Crippen LogP contribution < -0.4 is 4.90 Å². The molecule has 1 aromatic carbocycles. The maximum Gasteiger partial charge on any atom is 0.420 e. The van der Waals surface area contributed by atoms with Crippen molar-refractivity contribution in [1.82, 2.24) is 4.90 Å². The fourth-order valence-corrected chi connectivity index (χ4v) is 1.99. The van der Waals surface area contributed by atoms with Crippen molar-refractivity contribution in [3.05, 3.63) is 23.3 Å². The van der Waals surface area contributed by atoms with E-state index < -0.39 is 53.4 Å². The van der Waals surface area contributed by atoms with Crippen LogP contribution in [0.15, 0.2) is 12.1 Å². The molecular formula is C12H8F6N2O3. The van der Waals surface area contributed by atoms with Crippen molar-refractivity contribution in [1.29, 1.82) is 0 Å². The summed E-state index contributed by atoms with van der Waals surface area (Å²) < 4.78 is 76.8. The van der Waals surface area contributed by atoms with Gasteiger partial charge >= 0.3 is 18.4 Å². The number of carbonyl (C=O) groups excluding carboxylic acids is 2. The number of hydrogen-bond donors (Lipinski definition) is 1. The molecule has 11 heteroatoms. The van der Waals surface area contributed by atoms with Gasteiger partial charge in [-0.2, -0.15) is 26.3 Å². The molecule has 0 atom stereocenters. The van der Waals surface area contributed by atoms with E-state index in [0.29, 0.717) is 9.80 Å². The topological polar surface area (TPSA) is 60.9 Å². The summed E-state index contributed by atoms with van der Waals surface area (Å²) in [5, 5.41) is 9.65. The van der Waals surface area contributed by atoms with Crippen molar-refractivity contribution < 1.29 is 41.0 Å². The third kappa shape index (κ3) is 2.90. The van der Waals surface area contributed by atoms with E-state index in [0.717, 1.165) is 7.05 Å². The molecule has 126 valence electrons. The second kappa shape index (κ2) is 5.03. The molecule has 23 heavy (non-hydrogen) atoms. The van der Waals surface area contributed by atoms with Gasteiger partial charge in [-0.1, -0.05) is 0 Å². The number of carbonyl (C=O) groups is 2. The zero-order valence-corrected chi connectivity index (χ0v) is 11.3. The summed E-state index contributed by atoms with van der Waals surface area (Å²) >= 11 is 0. The third-order valence-corrected chi connectivity index (χ3v) is 3.20. The second-order valence-corrected chi connectivity index (χ2v) is 4.71. The molecular weight excluding hydrogens is 334 g/mol. The fourth-order valence-electron chi connectivity index (χ4n) is 1.99. The van der Waals surface area contributed by atoms with Crippen molar-refractivity contribution in [2.45, 2.75) is 12.4 Å². The number of rotatable bonds is 1. The molecule has 1 N–H and O–H groups in total. The molecule has 0 spiro atoms. The Morgan fingerprint density at radius 1 is 1.04 bits per heavy atom. The second-order valence-electron chi connectivity index (χ2n) is 4.71. The van der Waals surface area contributed by atoms with Gasteiger partial charge < -0.3 is 5.11 Å². The number of anilines is 1. The number of phenols is 1. The molecule has 0 saturated carbocycles. The first kappa shape index (κ1) is 16.9. The van der Waals surface area contributed by atoms with E-state index in [1.54, 1.807) is 0 Å². The van der Waals surface area contributed by atoms with Crippen LogP contribution in [0.4, 0.5) is 36.8 Å². The largest absolute Gasteiger partial charge is 0.505 e. The van der Waals surface area contributed by atoms with Crippen LogP contribution in [0.3, 0.4) is 0 Å². The van der Waals surface area contributed by atoms with Crippen molar-refractivity contribution in [2.24, 2.45) is 0 Å². The molecule has 0 radical (unpaired) electrons. The number of hydrogen-bond acceptors (Lipinski definition) is 3. The molecule has 0 unspecified atom stereocenters. The van der Waals surface area contributed by atoms with E-state index in [9.17, 15) is 41.0 Å². The summed E-state index contributed by atoms with van der Waals surface area (Å²) in [7, 11) is 1.01. The Kier molecular flexibility index (Phi) is 3.70. The first-order chi connectivity index (χ1) is 10.3. The van der Waals surface area contributed by atoms with Crippen LogP contribution in [0, 0.1) is 0 Å². The predicted molar refractivity (Wildman–Crippen MR) is 63.6 cm³/mol. The first-order valence-corrected chi connectivity index (χ1v) is 5.93. The summed E-state index contributed by atoms with van der Waals surface area (Å²) in [5.74, 6) is -2.39. The van der Waals surface area contributed by atoms with Crippen LogP contribution in [0.1, 0.15) is 11.1 Å². The maximum atomic E-state index is 12.8. The monoisotopic (exact) mass is 342 g/mol. The van der Waals surface area contributed by atoms with E-state index in [1.165, 1.54) is 0 Å². The molecule has 5 nitrogen and oxygen atoms in total. The Morgan fingerprint density at radius 3 is 2.00 bits per heavy atom. The van der Waals surface area contributed by atoms with Gasteiger partial charge in [-0.15, -0.1) is 0 Å². The minimum Gasteiger partial charge on any atom is -0.505 e. The van der Waals surface area contributed by atoms with E-state index in [2.05, 4.69) is 0 Å². The lowest BCUT2D eigenvalue weighted by Crippen LogP contribution is -2.30. The first-order valence-electron chi connectivity index (χ1n) is 5.93. The number of benzene rings is 1. The van der Waals surface area contributed by atoms with Gasteiger partial charge in [-0.25, -0.2) is 4.79 Å². The third-order valence-electron chi connectivity index (χ3n) is 3.20. The number of phenolic OH excluding ortho intramolecular Hbond substituents is 1. The summed E-state index contributed by atoms with van der Waals surface area (Å²) in [5.41, 5.74) is -4.68. The van der Waals surface area contributed by atoms with E-state index in [1.807, 2.05) is 0 Å². The van der Waals surface area contributed by atoms with Crippen LogP contribution >= 0.6 is 0 Å². The highest BCUT2D eigenvalue weighted by Crippen LogP contribution is 2.45. The molecule has 1 aliphatic heterocycles. The van der Waals surface area contributed by atoms with E-state index in [4.69, 9.17) is 0 Å². The fraction of sp³-hybridized carbons (Fsp3) is 0.333. The lowest BCUT2D eigenvalue weighted by atomic mass is 10.1. The van der Waals surface area contributed by atoms with Crippen molar-refractivity contribution >= 4 is 17.6 Å². The summed E-state index contributed by atoms with van der Waals surface area (Å²) in [4.78, 5) is 24.0. The quantitative estimate of drug-likeness (QED) is 0.631. The van der Waals surface area contributed by atoms with Crippen molar-refractivity contribution in [2.75, 3.05) is 18.5 Å². The molecule has 1 aromatic rings. The van der Waals surface area contributed by atoms with E-state index >= 15 is 0 Å². The Labute approximate surface area is 124 Å².